The van der Waals surface area contributed by atoms with E-state index < -0.39 is 0 Å². The first kappa shape index (κ1) is 58.0. The van der Waals surface area contributed by atoms with Crippen molar-refractivity contribution in [3.63, 3.8) is 0 Å². The fourth-order valence-electron chi connectivity index (χ4n) is 13.9. The van der Waals surface area contributed by atoms with Crippen LogP contribution in [-0.2, 0) is 0 Å². The summed E-state index contributed by atoms with van der Waals surface area (Å²) >= 11 is 0. The van der Waals surface area contributed by atoms with E-state index in [1.54, 1.807) is 0 Å². The number of aromatic nitrogens is 5. The van der Waals surface area contributed by atoms with Gasteiger partial charge >= 0.3 is 0 Å². The Morgan fingerprint density at radius 3 is 1.01 bits per heavy atom. The van der Waals surface area contributed by atoms with Crippen LogP contribution < -0.4 is 0 Å². The van der Waals surface area contributed by atoms with Crippen LogP contribution in [0, 0.1) is 29.2 Å². The summed E-state index contributed by atoms with van der Waals surface area (Å²) in [5, 5.41) is 24.9. The second kappa shape index (κ2) is 24.6. The van der Waals surface area contributed by atoms with Crippen molar-refractivity contribution in [2.45, 2.75) is 0 Å². The van der Waals surface area contributed by atoms with Gasteiger partial charge < -0.3 is 9.13 Å². The van der Waals surface area contributed by atoms with Gasteiger partial charge in [0.2, 0.25) is 0 Å². The van der Waals surface area contributed by atoms with Crippen LogP contribution in [0.3, 0.4) is 0 Å². The largest absolute Gasteiger partial charge is 0.309 e. The highest BCUT2D eigenvalue weighted by molar-refractivity contribution is 6.14. The number of para-hydroxylation sites is 1. The third-order valence-electron chi connectivity index (χ3n) is 18.7. The molecule has 454 valence electrons. The van der Waals surface area contributed by atoms with E-state index >= 15 is 0 Å². The summed E-state index contributed by atoms with van der Waals surface area (Å²) in [4.78, 5) is 20.6. The lowest BCUT2D eigenvalue weighted by Gasteiger charge is -2.18. The zero-order chi connectivity index (χ0) is 65.6. The molecule has 0 spiro atoms. The molecule has 0 atom stereocenters. The van der Waals surface area contributed by atoms with Gasteiger partial charge in [-0.25, -0.2) is 19.8 Å². The molecule has 14 aromatic carbocycles. The molecule has 0 saturated heterocycles. The molecule has 8 heteroatoms. The second-order valence-electron chi connectivity index (χ2n) is 24.4. The van der Waals surface area contributed by atoms with Gasteiger partial charge in [0.05, 0.1) is 63.3 Å². The van der Waals surface area contributed by atoms with Crippen molar-refractivity contribution in [1.29, 1.82) is 10.5 Å². The molecule has 17 rings (SSSR count). The van der Waals surface area contributed by atoms with Gasteiger partial charge in [-0.2, -0.15) is 10.5 Å². The highest BCUT2D eigenvalue weighted by atomic mass is 15.0. The van der Waals surface area contributed by atoms with E-state index in [2.05, 4.69) is 245 Å². The molecule has 0 fully saturated rings. The number of nitrogens with zero attached hydrogens (tertiary/aromatic N) is 8. The predicted octanol–water partition coefficient (Wildman–Crippen LogP) is 23.0. The molecular weight excluding hydrogens is 1190 g/mol. The molecule has 0 N–H and O–H groups in total. The number of hydrogen-bond acceptors (Lipinski definition) is 5. The van der Waals surface area contributed by atoms with Crippen LogP contribution in [0.5, 0.6) is 0 Å². The third kappa shape index (κ3) is 10.4. The number of hydrogen-bond donors (Lipinski definition) is 0. The van der Waals surface area contributed by atoms with Crippen LogP contribution >= 0.6 is 0 Å². The first-order valence-electron chi connectivity index (χ1n) is 32.4. The minimum absolute atomic E-state index is 0.427. The van der Waals surface area contributed by atoms with Crippen molar-refractivity contribution in [1.82, 2.24) is 24.1 Å². The van der Waals surface area contributed by atoms with E-state index in [9.17, 15) is 10.5 Å². The van der Waals surface area contributed by atoms with Gasteiger partial charge in [-0.3, -0.25) is 0 Å². The smallest absolute Gasteiger partial charge is 0.194 e. The molecule has 98 heavy (non-hydrogen) atoms. The average Bonchev–Trinajstić information content (AvgIpc) is 1.57. The molecular formula is C90H54N8. The average molecular weight is 1250 g/mol. The predicted molar refractivity (Wildman–Crippen MR) is 399 cm³/mol. The Hall–Kier alpha value is -13.8. The van der Waals surface area contributed by atoms with Gasteiger partial charge in [0.25, 0.3) is 0 Å². The zero-order valence-corrected chi connectivity index (χ0v) is 52.8. The summed E-state index contributed by atoms with van der Waals surface area (Å²) in [5.74, 6) is 1.30. The van der Waals surface area contributed by atoms with E-state index in [1.165, 1.54) is 0 Å². The Morgan fingerprint density at radius 1 is 0.265 bits per heavy atom. The Labute approximate surface area is 566 Å². The van der Waals surface area contributed by atoms with Crippen LogP contribution in [0.25, 0.3) is 172 Å². The first-order valence-corrected chi connectivity index (χ1v) is 32.4. The van der Waals surface area contributed by atoms with Crippen molar-refractivity contribution >= 4 is 49.3 Å². The molecule has 17 aromatic rings. The normalized spacial score (nSPS) is 11.2. The molecule has 0 aliphatic carbocycles. The van der Waals surface area contributed by atoms with Crippen molar-refractivity contribution in [3.05, 3.63) is 350 Å². The van der Waals surface area contributed by atoms with E-state index in [0.29, 0.717) is 34.3 Å². The molecule has 0 radical (unpaired) electrons. The van der Waals surface area contributed by atoms with Crippen LogP contribution in [0.15, 0.2) is 328 Å². The minimum Gasteiger partial charge on any atom is -0.309 e. The van der Waals surface area contributed by atoms with Crippen molar-refractivity contribution in [2.24, 2.45) is 0 Å². The summed E-state index contributed by atoms with van der Waals surface area (Å²) in [6.07, 6.45) is 0. The number of nitriles is 2. The lowest BCUT2D eigenvalue weighted by molar-refractivity contribution is 1.07. The van der Waals surface area contributed by atoms with Gasteiger partial charge in [0.1, 0.15) is 0 Å². The minimum atomic E-state index is 0.427. The van der Waals surface area contributed by atoms with Crippen LogP contribution in [0.1, 0.15) is 11.1 Å². The van der Waals surface area contributed by atoms with Gasteiger partial charge in [0.15, 0.2) is 23.2 Å². The van der Waals surface area contributed by atoms with Gasteiger partial charge in [-0.15, -0.1) is 0 Å². The fraction of sp³-hybridized carbons (Fsp3) is 0. The van der Waals surface area contributed by atoms with E-state index in [-0.39, 0.29) is 0 Å². The Balaban J connectivity index is 0.923. The SMILES string of the molecule is [C-]#[N+]c1ccccc1-c1ccc(-c2nc(-c3cccc(-c4ccc(C#N)cc4)c3)nc(-c3ccc(-c4ccccc4C#N)c(-n4c5ccc(-c6ccccc6)cc5c5cc(-c6ccccc6)ccc54)c3)n2)cc1-n1c2ccc(-c3ccccc3)cc2c2cc(-c3ccccc3)ccc21. The lowest BCUT2D eigenvalue weighted by Crippen LogP contribution is -2.04. The lowest BCUT2D eigenvalue weighted by atomic mass is 9.96. The summed E-state index contributed by atoms with van der Waals surface area (Å²) in [5.41, 5.74) is 23.5. The van der Waals surface area contributed by atoms with Crippen molar-refractivity contribution < 1.29 is 0 Å². The molecule has 0 aliphatic heterocycles. The number of benzene rings is 14. The topological polar surface area (TPSA) is 100 Å². The summed E-state index contributed by atoms with van der Waals surface area (Å²) < 4.78 is 4.66. The molecule has 0 unspecified atom stereocenters. The monoisotopic (exact) mass is 1250 g/mol. The highest BCUT2D eigenvalue weighted by Gasteiger charge is 2.25. The Morgan fingerprint density at radius 2 is 0.592 bits per heavy atom. The van der Waals surface area contributed by atoms with E-state index in [1.807, 2.05) is 109 Å². The maximum absolute atomic E-state index is 10.8. The van der Waals surface area contributed by atoms with Gasteiger partial charge in [-0.1, -0.05) is 243 Å². The van der Waals surface area contributed by atoms with Crippen molar-refractivity contribution in [3.8, 4) is 136 Å². The molecule has 0 saturated carbocycles. The van der Waals surface area contributed by atoms with E-state index in [4.69, 9.17) is 21.5 Å². The van der Waals surface area contributed by atoms with Gasteiger partial charge in [-0.05, 0) is 152 Å². The summed E-state index contributed by atoms with van der Waals surface area (Å²) in [6.45, 7) is 8.49. The van der Waals surface area contributed by atoms with E-state index in [0.717, 1.165) is 150 Å². The van der Waals surface area contributed by atoms with Crippen LogP contribution in [0.2, 0.25) is 0 Å². The molecule has 0 bridgehead atoms. The molecule has 8 nitrogen and oxygen atoms in total. The Bertz CT molecular complexity index is 5610. The number of rotatable bonds is 12. The highest BCUT2D eigenvalue weighted by Crippen LogP contribution is 2.45. The summed E-state index contributed by atoms with van der Waals surface area (Å²) in [6, 6.07) is 118. The first-order chi connectivity index (χ1) is 48.4. The maximum atomic E-state index is 10.8. The maximum Gasteiger partial charge on any atom is 0.194 e. The second-order valence-corrected chi connectivity index (χ2v) is 24.4. The molecule has 3 heterocycles. The van der Waals surface area contributed by atoms with Gasteiger partial charge in [0, 0.05) is 49.4 Å². The number of fused-ring (bicyclic) bond motifs is 6. The molecule has 0 amide bonds. The zero-order valence-electron chi connectivity index (χ0n) is 52.8. The van der Waals surface area contributed by atoms with Crippen LogP contribution in [-0.4, -0.2) is 24.1 Å². The quantitative estimate of drug-likeness (QED) is 0.113. The third-order valence-corrected chi connectivity index (χ3v) is 18.7. The van der Waals surface area contributed by atoms with Crippen molar-refractivity contribution in [2.75, 3.05) is 0 Å². The fourth-order valence-corrected chi connectivity index (χ4v) is 13.9. The molecule has 0 aliphatic rings. The Kier molecular flexibility index (Phi) is 14.5. The standard InChI is InChI=1S/C90H54N8/c1-93-81-32-17-16-31-74(81)76-44-38-71(55-87(76)98-84-47-41-67(61-23-10-4-11-24-61)52-79(84)80-53-68(42-48-85(80)98)62-25-12-5-13-26-62)90-95-88(69-29-18-28-64(49-69)63-35-33-58(56-91)34-36-63)94-89(96-90)70-37-43-75(73-30-15-14-27-72(73)57-92)86(54-70)97-82-45-39-65(59-19-6-2-7-20-59)50-77(82)78-51-66(40-46-83(78)97)60-21-8-3-9-22-60/h2-55H. The van der Waals surface area contributed by atoms with Crippen LogP contribution in [0.4, 0.5) is 5.69 Å². The summed E-state index contributed by atoms with van der Waals surface area (Å²) in [7, 11) is 0. The molecule has 3 aromatic heterocycles.